The van der Waals surface area contributed by atoms with Crippen molar-refractivity contribution in [3.8, 4) is 10.8 Å². The first kappa shape index (κ1) is 14.4. The molecule has 1 N–H and O–H groups in total. The molecule has 7 heteroatoms. The Bertz CT molecular complexity index is 768. The first-order valence-electron chi connectivity index (χ1n) is 6.74. The van der Waals surface area contributed by atoms with Crippen molar-refractivity contribution in [1.29, 1.82) is 0 Å². The molecule has 3 aromatic rings. The number of furan rings is 1. The lowest BCUT2D eigenvalue weighted by molar-refractivity contribution is 0.0938. The summed E-state index contributed by atoms with van der Waals surface area (Å²) in [5, 5.41) is 3.53. The minimum Gasteiger partial charge on any atom is -0.467 e. The molecule has 0 aliphatic heterocycles. The van der Waals surface area contributed by atoms with Gasteiger partial charge in [-0.2, -0.15) is 0 Å². The van der Waals surface area contributed by atoms with E-state index in [-0.39, 0.29) is 11.9 Å². The summed E-state index contributed by atoms with van der Waals surface area (Å²) in [6.45, 7) is 3.67. The molecule has 0 aliphatic carbocycles. The minimum atomic E-state index is -0.208. The van der Waals surface area contributed by atoms with Crippen molar-refractivity contribution in [3.05, 3.63) is 53.2 Å². The van der Waals surface area contributed by atoms with Gasteiger partial charge < -0.3 is 9.73 Å². The van der Waals surface area contributed by atoms with E-state index in [0.29, 0.717) is 27.2 Å². The highest BCUT2D eigenvalue weighted by Crippen LogP contribution is 2.25. The topological polar surface area (TPSA) is 80.9 Å². The molecule has 0 aromatic carbocycles. The second-order valence-corrected chi connectivity index (χ2v) is 5.72. The zero-order valence-corrected chi connectivity index (χ0v) is 12.9. The van der Waals surface area contributed by atoms with E-state index < -0.39 is 0 Å². The molecular formula is C15H14N4O2S. The van der Waals surface area contributed by atoms with Crippen molar-refractivity contribution in [1.82, 2.24) is 20.3 Å². The summed E-state index contributed by atoms with van der Waals surface area (Å²) in [7, 11) is 0. The lowest BCUT2D eigenvalue weighted by Gasteiger charge is -2.10. The Hall–Kier alpha value is -2.54. The third-order valence-corrected chi connectivity index (χ3v) is 4.23. The number of rotatable bonds is 4. The summed E-state index contributed by atoms with van der Waals surface area (Å²) in [6.07, 6.45) is 4.89. The van der Waals surface area contributed by atoms with E-state index in [9.17, 15) is 4.79 Å². The van der Waals surface area contributed by atoms with Gasteiger partial charge in [0, 0.05) is 12.4 Å². The molecule has 3 rings (SSSR count). The minimum absolute atomic E-state index is 0.180. The quantitative estimate of drug-likeness (QED) is 0.800. The lowest BCUT2D eigenvalue weighted by Crippen LogP contribution is -2.26. The van der Waals surface area contributed by atoms with Crippen molar-refractivity contribution in [2.24, 2.45) is 0 Å². The summed E-state index contributed by atoms with van der Waals surface area (Å²) >= 11 is 1.28. The third-order valence-electron chi connectivity index (χ3n) is 3.08. The fourth-order valence-corrected chi connectivity index (χ4v) is 2.90. The maximum Gasteiger partial charge on any atom is 0.263 e. The normalized spacial score (nSPS) is 12.1. The Morgan fingerprint density at radius 2 is 2.09 bits per heavy atom. The molecule has 0 spiro atoms. The van der Waals surface area contributed by atoms with Crippen LogP contribution in [0.5, 0.6) is 0 Å². The van der Waals surface area contributed by atoms with Gasteiger partial charge in [-0.25, -0.2) is 15.0 Å². The van der Waals surface area contributed by atoms with Gasteiger partial charge in [0.1, 0.15) is 10.6 Å². The van der Waals surface area contributed by atoms with E-state index >= 15 is 0 Å². The highest BCUT2D eigenvalue weighted by molar-refractivity contribution is 7.17. The van der Waals surface area contributed by atoms with Gasteiger partial charge in [0.05, 0.1) is 18.0 Å². The van der Waals surface area contributed by atoms with E-state index in [1.54, 1.807) is 37.7 Å². The highest BCUT2D eigenvalue weighted by Gasteiger charge is 2.20. The van der Waals surface area contributed by atoms with Crippen molar-refractivity contribution < 1.29 is 9.21 Å². The average molecular weight is 314 g/mol. The Labute approximate surface area is 131 Å². The summed E-state index contributed by atoms with van der Waals surface area (Å²) < 4.78 is 5.29. The fourth-order valence-electron chi connectivity index (χ4n) is 1.98. The van der Waals surface area contributed by atoms with Crippen LogP contribution in [0.1, 0.15) is 34.1 Å². The number of carbonyl (C=O) groups excluding carboxylic acids is 1. The summed E-state index contributed by atoms with van der Waals surface area (Å²) in [5.74, 6) is 1.05. The van der Waals surface area contributed by atoms with Crippen LogP contribution in [0.15, 0.2) is 41.3 Å². The molecule has 1 amide bonds. The first-order chi connectivity index (χ1) is 10.6. The van der Waals surface area contributed by atoms with Crippen molar-refractivity contribution in [3.63, 3.8) is 0 Å². The van der Waals surface area contributed by atoms with Crippen LogP contribution in [0.25, 0.3) is 10.8 Å². The van der Waals surface area contributed by atoms with Crippen LogP contribution in [0, 0.1) is 6.92 Å². The Morgan fingerprint density at radius 1 is 1.32 bits per heavy atom. The molecule has 0 unspecified atom stereocenters. The number of aryl methyl sites for hydroxylation is 1. The van der Waals surface area contributed by atoms with Crippen LogP contribution >= 0.6 is 11.3 Å². The van der Waals surface area contributed by atoms with E-state index in [1.807, 2.05) is 13.0 Å². The van der Waals surface area contributed by atoms with Crippen molar-refractivity contribution >= 4 is 17.2 Å². The summed E-state index contributed by atoms with van der Waals surface area (Å²) in [4.78, 5) is 25.6. The number of nitrogens with zero attached hydrogens (tertiary/aromatic N) is 3. The van der Waals surface area contributed by atoms with Gasteiger partial charge in [-0.05, 0) is 32.0 Å². The van der Waals surface area contributed by atoms with E-state index in [0.717, 1.165) is 0 Å². The smallest absolute Gasteiger partial charge is 0.263 e. The van der Waals surface area contributed by atoms with Crippen LogP contribution in [0.2, 0.25) is 0 Å². The van der Waals surface area contributed by atoms with Crippen LogP contribution in [-0.4, -0.2) is 20.9 Å². The molecule has 0 fully saturated rings. The standard InChI is InChI=1S/C15H14N4O2S/c1-9(11-5-3-8-21-11)18-14(20)12-10(2)19-15(22-12)13-16-6-4-7-17-13/h3-9H,1-2H3,(H,18,20)/t9-/m1/s1. The Kier molecular flexibility index (Phi) is 3.97. The molecule has 112 valence electrons. The molecule has 6 nitrogen and oxygen atoms in total. The van der Waals surface area contributed by atoms with Crippen LogP contribution in [0.4, 0.5) is 0 Å². The molecule has 0 radical (unpaired) electrons. The van der Waals surface area contributed by atoms with Gasteiger partial charge in [0.25, 0.3) is 5.91 Å². The largest absolute Gasteiger partial charge is 0.467 e. The SMILES string of the molecule is Cc1nc(-c2ncccn2)sc1C(=O)N[C@H](C)c1ccco1. The average Bonchev–Trinajstić information content (AvgIpc) is 3.17. The van der Waals surface area contributed by atoms with Gasteiger partial charge in [0.15, 0.2) is 10.8 Å². The van der Waals surface area contributed by atoms with E-state index in [1.165, 1.54) is 11.3 Å². The van der Waals surface area contributed by atoms with Crippen LogP contribution in [0.3, 0.4) is 0 Å². The molecule has 3 heterocycles. The van der Waals surface area contributed by atoms with Gasteiger partial charge >= 0.3 is 0 Å². The monoisotopic (exact) mass is 314 g/mol. The predicted octanol–water partition coefficient (Wildman–Crippen LogP) is 2.99. The van der Waals surface area contributed by atoms with E-state index in [2.05, 4.69) is 20.3 Å². The van der Waals surface area contributed by atoms with E-state index in [4.69, 9.17) is 4.42 Å². The molecule has 1 atom stereocenters. The molecule has 0 aliphatic rings. The highest BCUT2D eigenvalue weighted by atomic mass is 32.1. The molecule has 3 aromatic heterocycles. The Balaban J connectivity index is 1.80. The maximum atomic E-state index is 12.4. The lowest BCUT2D eigenvalue weighted by atomic mass is 10.2. The van der Waals surface area contributed by atoms with Gasteiger partial charge in [-0.1, -0.05) is 0 Å². The zero-order chi connectivity index (χ0) is 15.5. The molecule has 22 heavy (non-hydrogen) atoms. The number of aromatic nitrogens is 3. The van der Waals surface area contributed by atoms with Gasteiger partial charge in [-0.3, -0.25) is 4.79 Å². The number of amides is 1. The van der Waals surface area contributed by atoms with Crippen LogP contribution in [-0.2, 0) is 0 Å². The second-order valence-electron chi connectivity index (χ2n) is 4.72. The number of hydrogen-bond donors (Lipinski definition) is 1. The zero-order valence-electron chi connectivity index (χ0n) is 12.1. The summed E-state index contributed by atoms with van der Waals surface area (Å²) in [5.41, 5.74) is 0.664. The van der Waals surface area contributed by atoms with Gasteiger partial charge in [0.2, 0.25) is 0 Å². The molecule has 0 saturated heterocycles. The number of thiazole rings is 1. The number of carbonyl (C=O) groups is 1. The van der Waals surface area contributed by atoms with Crippen LogP contribution < -0.4 is 5.32 Å². The summed E-state index contributed by atoms with van der Waals surface area (Å²) in [6, 6.07) is 5.15. The second kappa shape index (κ2) is 6.07. The van der Waals surface area contributed by atoms with Crippen molar-refractivity contribution in [2.45, 2.75) is 19.9 Å². The first-order valence-corrected chi connectivity index (χ1v) is 7.56. The maximum absolute atomic E-state index is 12.4. The Morgan fingerprint density at radius 3 is 2.77 bits per heavy atom. The van der Waals surface area contributed by atoms with Gasteiger partial charge in [-0.15, -0.1) is 11.3 Å². The number of nitrogens with one attached hydrogen (secondary N) is 1. The number of hydrogen-bond acceptors (Lipinski definition) is 6. The fraction of sp³-hybridized carbons (Fsp3) is 0.200. The van der Waals surface area contributed by atoms with Crippen molar-refractivity contribution in [2.75, 3.05) is 0 Å². The predicted molar refractivity (Wildman–Crippen MR) is 82.5 cm³/mol. The molecule has 0 bridgehead atoms. The molecule has 0 saturated carbocycles. The third kappa shape index (κ3) is 2.89. The molecular weight excluding hydrogens is 300 g/mol.